The number of nitro benzene ring substituents is 1. The second-order valence-electron chi connectivity index (χ2n) is 8.51. The van der Waals surface area contributed by atoms with Crippen molar-refractivity contribution >= 4 is 23.4 Å². The molecule has 182 valence electrons. The van der Waals surface area contributed by atoms with E-state index < -0.39 is 4.92 Å². The minimum absolute atomic E-state index is 0.0124. The third kappa shape index (κ3) is 7.02. The molecule has 7 heteroatoms. The van der Waals surface area contributed by atoms with Crippen LogP contribution in [0, 0.1) is 17.0 Å². The molecule has 0 aliphatic heterocycles. The second kappa shape index (κ2) is 12.1. The van der Waals surface area contributed by atoms with E-state index in [0.717, 1.165) is 32.2 Å². The zero-order chi connectivity index (χ0) is 25.3. The van der Waals surface area contributed by atoms with Gasteiger partial charge in [0.1, 0.15) is 0 Å². The molecule has 0 saturated carbocycles. The van der Waals surface area contributed by atoms with Crippen LogP contribution < -0.4 is 0 Å². The molecular formula is C29H27N3O3S. The van der Waals surface area contributed by atoms with Gasteiger partial charge < -0.3 is 4.90 Å². The van der Waals surface area contributed by atoms with E-state index in [1.807, 2.05) is 79.7 Å². The minimum Gasteiger partial charge on any atom is -0.338 e. The first-order chi connectivity index (χ1) is 17.5. The molecular weight excluding hydrogens is 470 g/mol. The first-order valence-corrected chi connectivity index (χ1v) is 12.5. The van der Waals surface area contributed by atoms with Gasteiger partial charge in [-0.2, -0.15) is 0 Å². The van der Waals surface area contributed by atoms with Crippen LogP contribution in [0.4, 0.5) is 5.69 Å². The summed E-state index contributed by atoms with van der Waals surface area (Å²) in [7, 11) is 0. The quantitative estimate of drug-likeness (QED) is 0.191. The number of carbonyl (C=O) groups is 1. The number of hydrogen-bond acceptors (Lipinski definition) is 5. The van der Waals surface area contributed by atoms with Crippen LogP contribution in [0.15, 0.2) is 107 Å². The molecule has 1 aromatic heterocycles. The number of benzene rings is 3. The van der Waals surface area contributed by atoms with Crippen LogP contribution in [0.1, 0.15) is 22.4 Å². The third-order valence-corrected chi connectivity index (χ3v) is 6.91. The molecule has 4 rings (SSSR count). The molecule has 0 saturated heterocycles. The summed E-state index contributed by atoms with van der Waals surface area (Å²) in [6, 6.07) is 28.4. The van der Waals surface area contributed by atoms with Gasteiger partial charge in [-0.3, -0.25) is 19.9 Å². The number of rotatable bonds is 10. The maximum atomic E-state index is 13.4. The summed E-state index contributed by atoms with van der Waals surface area (Å²) in [5, 5.41) is 11.5. The Morgan fingerprint density at radius 1 is 0.972 bits per heavy atom. The average molecular weight is 498 g/mol. The van der Waals surface area contributed by atoms with Gasteiger partial charge in [-0.25, -0.2) is 0 Å². The maximum Gasteiger partial charge on any atom is 0.269 e. The molecule has 0 bridgehead atoms. The smallest absolute Gasteiger partial charge is 0.269 e. The summed E-state index contributed by atoms with van der Waals surface area (Å²) in [5.74, 6) is -0.0325. The van der Waals surface area contributed by atoms with Gasteiger partial charge in [0.05, 0.1) is 11.3 Å². The predicted molar refractivity (Wildman–Crippen MR) is 142 cm³/mol. The average Bonchev–Trinajstić information content (AvgIpc) is 2.89. The van der Waals surface area contributed by atoms with Gasteiger partial charge in [0.15, 0.2) is 0 Å². The van der Waals surface area contributed by atoms with Gasteiger partial charge in [-0.15, -0.1) is 0 Å². The van der Waals surface area contributed by atoms with Crippen molar-refractivity contribution in [2.75, 3.05) is 6.54 Å². The Labute approximate surface area is 215 Å². The molecule has 0 atom stereocenters. The third-order valence-electron chi connectivity index (χ3n) is 5.78. The highest BCUT2D eigenvalue weighted by Gasteiger charge is 2.19. The number of pyridine rings is 1. The molecule has 0 spiro atoms. The predicted octanol–water partition coefficient (Wildman–Crippen LogP) is 6.26. The van der Waals surface area contributed by atoms with Gasteiger partial charge in [-0.05, 0) is 48.4 Å². The summed E-state index contributed by atoms with van der Waals surface area (Å²) in [4.78, 5) is 32.7. The van der Waals surface area contributed by atoms with Crippen LogP contribution in [0.25, 0.3) is 0 Å². The van der Waals surface area contributed by atoms with Gasteiger partial charge in [0, 0.05) is 53.3 Å². The normalized spacial score (nSPS) is 10.7. The highest BCUT2D eigenvalue weighted by Crippen LogP contribution is 2.33. The van der Waals surface area contributed by atoms with Crippen LogP contribution in [0.3, 0.4) is 0 Å². The highest BCUT2D eigenvalue weighted by molar-refractivity contribution is 7.99. The molecule has 1 amide bonds. The largest absolute Gasteiger partial charge is 0.338 e. The fourth-order valence-corrected chi connectivity index (χ4v) is 4.73. The van der Waals surface area contributed by atoms with E-state index in [2.05, 4.69) is 4.98 Å². The molecule has 0 aliphatic carbocycles. The summed E-state index contributed by atoms with van der Waals surface area (Å²) < 4.78 is 0. The summed E-state index contributed by atoms with van der Waals surface area (Å²) in [6.45, 7) is 2.76. The maximum absolute atomic E-state index is 13.4. The number of aromatic nitrogens is 1. The van der Waals surface area contributed by atoms with E-state index >= 15 is 0 Å². The van der Waals surface area contributed by atoms with Crippen molar-refractivity contribution in [2.24, 2.45) is 0 Å². The van der Waals surface area contributed by atoms with E-state index in [4.69, 9.17) is 0 Å². The Morgan fingerprint density at radius 3 is 2.42 bits per heavy atom. The SMILES string of the molecule is Cc1ccc(Sc2ccc([N+](=O)[O-])cc2CN(CCc2ccccn2)C(=O)Cc2ccccc2)cc1. The molecule has 0 unspecified atom stereocenters. The molecule has 3 aromatic carbocycles. The van der Waals surface area contributed by atoms with Crippen molar-refractivity contribution in [1.29, 1.82) is 0 Å². The Bertz CT molecular complexity index is 1310. The number of aryl methyl sites for hydroxylation is 1. The lowest BCUT2D eigenvalue weighted by atomic mass is 10.1. The monoisotopic (exact) mass is 497 g/mol. The number of hydrogen-bond donors (Lipinski definition) is 0. The van der Waals surface area contributed by atoms with Crippen LogP contribution >= 0.6 is 11.8 Å². The first-order valence-electron chi connectivity index (χ1n) is 11.7. The molecule has 4 aromatic rings. The van der Waals surface area contributed by atoms with E-state index in [0.29, 0.717) is 13.0 Å². The van der Waals surface area contributed by atoms with Crippen molar-refractivity contribution in [1.82, 2.24) is 9.88 Å². The Hall–Kier alpha value is -3.97. The van der Waals surface area contributed by atoms with Crippen molar-refractivity contribution in [3.05, 3.63) is 130 Å². The number of nitro groups is 1. The number of carbonyl (C=O) groups excluding carboxylic acids is 1. The standard InChI is InChI=1S/C29H27N3O3S/c1-22-10-13-27(14-11-22)36-28-15-12-26(32(34)35)20-24(28)21-31(18-16-25-9-5-6-17-30-25)29(33)19-23-7-3-2-4-8-23/h2-15,17,20H,16,18-19,21H2,1H3. The van der Waals surface area contributed by atoms with Crippen molar-refractivity contribution in [3.8, 4) is 0 Å². The Kier molecular flexibility index (Phi) is 8.47. The minimum atomic E-state index is -0.395. The van der Waals surface area contributed by atoms with Gasteiger partial charge in [-0.1, -0.05) is 65.9 Å². The van der Waals surface area contributed by atoms with Crippen molar-refractivity contribution in [2.45, 2.75) is 36.1 Å². The topological polar surface area (TPSA) is 76.3 Å². The fourth-order valence-electron chi connectivity index (χ4n) is 3.81. The van der Waals surface area contributed by atoms with Crippen LogP contribution in [-0.4, -0.2) is 27.3 Å². The van der Waals surface area contributed by atoms with E-state index in [-0.39, 0.29) is 24.6 Å². The van der Waals surface area contributed by atoms with Crippen LogP contribution in [0.2, 0.25) is 0 Å². The fraction of sp³-hybridized carbons (Fsp3) is 0.172. The lowest BCUT2D eigenvalue weighted by Crippen LogP contribution is -2.34. The van der Waals surface area contributed by atoms with Crippen molar-refractivity contribution < 1.29 is 9.72 Å². The molecule has 0 N–H and O–H groups in total. The van der Waals surface area contributed by atoms with Crippen LogP contribution in [-0.2, 0) is 24.2 Å². The molecule has 0 fully saturated rings. The first kappa shape index (κ1) is 25.1. The molecule has 0 radical (unpaired) electrons. The number of non-ortho nitro benzene ring substituents is 1. The number of amides is 1. The zero-order valence-electron chi connectivity index (χ0n) is 20.0. The van der Waals surface area contributed by atoms with Crippen molar-refractivity contribution in [3.63, 3.8) is 0 Å². The highest BCUT2D eigenvalue weighted by atomic mass is 32.2. The van der Waals surface area contributed by atoms with E-state index in [1.165, 1.54) is 6.07 Å². The number of nitrogens with zero attached hydrogens (tertiary/aromatic N) is 3. The molecule has 0 aliphatic rings. The van der Waals surface area contributed by atoms with Gasteiger partial charge >= 0.3 is 0 Å². The zero-order valence-corrected chi connectivity index (χ0v) is 20.9. The van der Waals surface area contributed by atoms with E-state index in [1.54, 1.807) is 35.0 Å². The Morgan fingerprint density at radius 2 is 1.72 bits per heavy atom. The van der Waals surface area contributed by atoms with Crippen LogP contribution in [0.5, 0.6) is 0 Å². The lowest BCUT2D eigenvalue weighted by molar-refractivity contribution is -0.385. The van der Waals surface area contributed by atoms with E-state index in [9.17, 15) is 14.9 Å². The summed E-state index contributed by atoms with van der Waals surface area (Å²) in [5.41, 5.74) is 3.74. The Balaban J connectivity index is 1.62. The lowest BCUT2D eigenvalue weighted by Gasteiger charge is -2.24. The molecule has 1 heterocycles. The van der Waals surface area contributed by atoms with Gasteiger partial charge in [0.2, 0.25) is 5.91 Å². The molecule has 6 nitrogen and oxygen atoms in total. The summed E-state index contributed by atoms with van der Waals surface area (Å²) >= 11 is 1.54. The summed E-state index contributed by atoms with van der Waals surface area (Å²) in [6.07, 6.45) is 2.59. The second-order valence-corrected chi connectivity index (χ2v) is 9.63. The van der Waals surface area contributed by atoms with Gasteiger partial charge in [0.25, 0.3) is 5.69 Å². The molecule has 36 heavy (non-hydrogen) atoms.